The average Bonchev–Trinajstić information content (AvgIpc) is 3.12. The second kappa shape index (κ2) is 11.1. The smallest absolute Gasteiger partial charge is 0.343 e. The number of ether oxygens (including phenoxy) is 2. The van der Waals surface area contributed by atoms with Crippen molar-refractivity contribution >= 4 is 58.1 Å². The zero-order valence-corrected chi connectivity index (χ0v) is 20.5. The molecule has 3 amide bonds. The Labute approximate surface area is 215 Å². The number of thioether (sulfide) groups is 1. The van der Waals surface area contributed by atoms with E-state index in [1.807, 2.05) is 0 Å². The van der Waals surface area contributed by atoms with Gasteiger partial charge in [-0.1, -0.05) is 29.8 Å². The first-order chi connectivity index (χ1) is 17.3. The number of imide groups is 1. The number of carbonyl (C=O) groups excluding carboxylic acids is 4. The van der Waals surface area contributed by atoms with Crippen LogP contribution in [0, 0.1) is 0 Å². The third-order valence-electron chi connectivity index (χ3n) is 5.00. The van der Waals surface area contributed by atoms with Crippen LogP contribution < -0.4 is 14.8 Å². The maximum absolute atomic E-state index is 12.7. The van der Waals surface area contributed by atoms with Gasteiger partial charge in [-0.3, -0.25) is 19.3 Å². The number of nitrogens with one attached hydrogen (secondary N) is 1. The molecule has 1 N–H and O–H groups in total. The number of benzene rings is 3. The standard InChI is InChI=1S/C26H19ClN2O6S/c1-34-20-11-7-17(8-12-20)25(32)35-21-9-5-16(6-10-21)13-22-24(31)29(26(33)36-22)15-23(30)28-19-4-2-3-18(27)14-19/h2-14H,15H2,1H3,(H,28,30)/b22-13+. The molecule has 1 aliphatic rings. The van der Waals surface area contributed by atoms with Crippen molar-refractivity contribution < 1.29 is 28.7 Å². The lowest BCUT2D eigenvalue weighted by molar-refractivity contribution is -0.127. The Bertz CT molecular complexity index is 1360. The van der Waals surface area contributed by atoms with E-state index < -0.39 is 29.6 Å². The zero-order valence-electron chi connectivity index (χ0n) is 18.9. The van der Waals surface area contributed by atoms with Crippen LogP contribution in [0.15, 0.2) is 77.7 Å². The van der Waals surface area contributed by atoms with Gasteiger partial charge in [-0.2, -0.15) is 0 Å². The molecule has 3 aromatic rings. The minimum atomic E-state index is -0.568. The number of anilines is 1. The first kappa shape index (κ1) is 25.0. The maximum atomic E-state index is 12.7. The Morgan fingerprint density at radius 3 is 2.36 bits per heavy atom. The fourth-order valence-corrected chi connectivity index (χ4v) is 4.25. The molecule has 0 aromatic heterocycles. The fourth-order valence-electron chi connectivity index (χ4n) is 3.22. The van der Waals surface area contributed by atoms with E-state index in [9.17, 15) is 19.2 Å². The van der Waals surface area contributed by atoms with Crippen molar-refractivity contribution in [1.29, 1.82) is 0 Å². The van der Waals surface area contributed by atoms with Gasteiger partial charge in [-0.15, -0.1) is 0 Å². The van der Waals surface area contributed by atoms with E-state index in [1.54, 1.807) is 72.8 Å². The van der Waals surface area contributed by atoms with Gasteiger partial charge in [0.2, 0.25) is 5.91 Å². The largest absolute Gasteiger partial charge is 0.497 e. The lowest BCUT2D eigenvalue weighted by Crippen LogP contribution is -2.36. The van der Waals surface area contributed by atoms with Crippen LogP contribution in [-0.4, -0.2) is 41.6 Å². The first-order valence-corrected chi connectivity index (χ1v) is 11.8. The fraction of sp³-hybridized carbons (Fsp3) is 0.0769. The molecule has 1 saturated heterocycles. The monoisotopic (exact) mass is 522 g/mol. The van der Waals surface area contributed by atoms with E-state index in [-0.39, 0.29) is 4.91 Å². The van der Waals surface area contributed by atoms with Gasteiger partial charge >= 0.3 is 5.97 Å². The molecular formula is C26H19ClN2O6S. The number of esters is 1. The summed E-state index contributed by atoms with van der Waals surface area (Å²) in [6.07, 6.45) is 1.54. The van der Waals surface area contributed by atoms with Crippen LogP contribution in [0.3, 0.4) is 0 Å². The van der Waals surface area contributed by atoms with Crippen molar-refractivity contribution in [3.63, 3.8) is 0 Å². The SMILES string of the molecule is COc1ccc(C(=O)Oc2ccc(/C=C3/SC(=O)N(CC(=O)Nc4cccc(Cl)c4)C3=O)cc2)cc1. The quantitative estimate of drug-likeness (QED) is 0.257. The summed E-state index contributed by atoms with van der Waals surface area (Å²) in [6.45, 7) is -0.422. The minimum absolute atomic E-state index is 0.179. The number of amides is 3. The van der Waals surface area contributed by atoms with E-state index in [1.165, 1.54) is 13.2 Å². The highest BCUT2D eigenvalue weighted by molar-refractivity contribution is 8.18. The highest BCUT2D eigenvalue weighted by Gasteiger charge is 2.36. The Balaban J connectivity index is 1.37. The Morgan fingerprint density at radius 1 is 1.00 bits per heavy atom. The second-order valence-corrected chi connectivity index (χ2v) is 8.94. The van der Waals surface area contributed by atoms with Crippen molar-refractivity contribution in [1.82, 2.24) is 4.90 Å². The second-order valence-electron chi connectivity index (χ2n) is 7.51. The summed E-state index contributed by atoms with van der Waals surface area (Å²) in [4.78, 5) is 50.7. The molecule has 0 spiro atoms. The molecule has 1 fully saturated rings. The summed E-state index contributed by atoms with van der Waals surface area (Å²) < 4.78 is 10.4. The van der Waals surface area contributed by atoms with Crippen LogP contribution >= 0.6 is 23.4 Å². The van der Waals surface area contributed by atoms with Crippen LogP contribution in [0.5, 0.6) is 11.5 Å². The first-order valence-electron chi connectivity index (χ1n) is 10.6. The molecule has 1 aliphatic heterocycles. The molecule has 8 nitrogen and oxygen atoms in total. The number of methoxy groups -OCH3 is 1. The molecule has 3 aromatic carbocycles. The van der Waals surface area contributed by atoms with Gasteiger partial charge in [0.15, 0.2) is 0 Å². The average molecular weight is 523 g/mol. The molecule has 0 aliphatic carbocycles. The summed E-state index contributed by atoms with van der Waals surface area (Å²) in [5, 5.41) is 2.51. The zero-order chi connectivity index (χ0) is 25.7. The van der Waals surface area contributed by atoms with Crippen molar-refractivity contribution in [2.24, 2.45) is 0 Å². The molecule has 0 unspecified atom stereocenters. The Kier molecular flexibility index (Phi) is 7.72. The number of hydrogen-bond acceptors (Lipinski definition) is 7. The predicted molar refractivity (Wildman–Crippen MR) is 137 cm³/mol. The number of halogens is 1. The molecule has 36 heavy (non-hydrogen) atoms. The number of rotatable bonds is 7. The van der Waals surface area contributed by atoms with Crippen LogP contribution in [0.1, 0.15) is 15.9 Å². The number of carbonyl (C=O) groups is 4. The topological polar surface area (TPSA) is 102 Å². The molecule has 182 valence electrons. The van der Waals surface area contributed by atoms with Crippen LogP contribution in [0.2, 0.25) is 5.02 Å². The van der Waals surface area contributed by atoms with Crippen LogP contribution in [0.25, 0.3) is 6.08 Å². The van der Waals surface area contributed by atoms with E-state index in [0.29, 0.717) is 33.3 Å². The van der Waals surface area contributed by atoms with Gasteiger partial charge in [0.05, 0.1) is 17.6 Å². The third-order valence-corrected chi connectivity index (χ3v) is 6.14. The lowest BCUT2D eigenvalue weighted by Gasteiger charge is -2.12. The summed E-state index contributed by atoms with van der Waals surface area (Å²) in [6, 6.07) is 19.5. The van der Waals surface area contributed by atoms with Crippen molar-refractivity contribution in [3.8, 4) is 11.5 Å². The van der Waals surface area contributed by atoms with Gasteiger partial charge in [0, 0.05) is 10.7 Å². The summed E-state index contributed by atoms with van der Waals surface area (Å²) in [7, 11) is 1.54. The van der Waals surface area contributed by atoms with E-state index in [0.717, 1.165) is 16.7 Å². The van der Waals surface area contributed by atoms with E-state index in [4.69, 9.17) is 21.1 Å². The van der Waals surface area contributed by atoms with Crippen molar-refractivity contribution in [3.05, 3.63) is 93.9 Å². The minimum Gasteiger partial charge on any atom is -0.497 e. The van der Waals surface area contributed by atoms with Crippen molar-refractivity contribution in [2.75, 3.05) is 19.0 Å². The maximum Gasteiger partial charge on any atom is 0.343 e. The Hall–Kier alpha value is -4.08. The van der Waals surface area contributed by atoms with Crippen molar-refractivity contribution in [2.45, 2.75) is 0 Å². The number of nitrogens with zero attached hydrogens (tertiary/aromatic N) is 1. The van der Waals surface area contributed by atoms with Crippen LogP contribution in [0.4, 0.5) is 10.5 Å². The summed E-state index contributed by atoms with van der Waals surface area (Å²) >= 11 is 6.65. The summed E-state index contributed by atoms with van der Waals surface area (Å²) in [5.41, 5.74) is 1.45. The summed E-state index contributed by atoms with van der Waals surface area (Å²) in [5.74, 6) is -0.673. The van der Waals surface area contributed by atoms with Gasteiger partial charge in [-0.25, -0.2) is 4.79 Å². The highest BCUT2D eigenvalue weighted by Crippen LogP contribution is 2.32. The molecule has 0 bridgehead atoms. The van der Waals surface area contributed by atoms with Gasteiger partial charge < -0.3 is 14.8 Å². The van der Waals surface area contributed by atoms with Gasteiger partial charge in [0.1, 0.15) is 18.0 Å². The van der Waals surface area contributed by atoms with E-state index in [2.05, 4.69) is 5.32 Å². The molecule has 0 radical (unpaired) electrons. The highest BCUT2D eigenvalue weighted by atomic mass is 35.5. The Morgan fingerprint density at radius 2 is 1.69 bits per heavy atom. The molecule has 0 atom stereocenters. The molecule has 10 heteroatoms. The molecule has 4 rings (SSSR count). The molecule has 0 saturated carbocycles. The normalized spacial score (nSPS) is 14.2. The van der Waals surface area contributed by atoms with Gasteiger partial charge in [-0.05, 0) is 78.0 Å². The lowest BCUT2D eigenvalue weighted by atomic mass is 10.2. The third kappa shape index (κ3) is 6.12. The van der Waals surface area contributed by atoms with Crippen LogP contribution in [-0.2, 0) is 9.59 Å². The van der Waals surface area contributed by atoms with Gasteiger partial charge in [0.25, 0.3) is 11.1 Å². The number of hydrogen-bond donors (Lipinski definition) is 1. The predicted octanol–water partition coefficient (Wildman–Crippen LogP) is 5.24. The van der Waals surface area contributed by atoms with E-state index >= 15 is 0 Å². The molecule has 1 heterocycles. The molecular weight excluding hydrogens is 504 g/mol.